The molecule has 0 aliphatic rings. The van der Waals surface area contributed by atoms with Gasteiger partial charge in [0, 0.05) is 5.92 Å². The summed E-state index contributed by atoms with van der Waals surface area (Å²) in [5, 5.41) is 0. The van der Waals surface area contributed by atoms with Crippen LogP contribution in [0.2, 0.25) is 0 Å². The first-order chi connectivity index (χ1) is 7.07. The molecule has 1 atom stereocenters. The SMILES string of the molecule is CCCCC(C(C)=O)C(CC)(CC)CC. The van der Waals surface area contributed by atoms with E-state index >= 15 is 0 Å². The average Bonchev–Trinajstić information content (AvgIpc) is 2.24. The van der Waals surface area contributed by atoms with Gasteiger partial charge in [0.15, 0.2) is 0 Å². The fourth-order valence-corrected chi connectivity index (χ4v) is 2.84. The molecule has 0 amide bonds. The number of rotatable bonds is 8. The second-order valence-corrected chi connectivity index (χ2v) is 4.73. The van der Waals surface area contributed by atoms with Gasteiger partial charge in [0.1, 0.15) is 5.78 Å². The van der Waals surface area contributed by atoms with Crippen LogP contribution in [-0.2, 0) is 4.79 Å². The van der Waals surface area contributed by atoms with Crippen LogP contribution in [0.5, 0.6) is 0 Å². The molecule has 0 radical (unpaired) electrons. The number of carbonyl (C=O) groups excluding carboxylic acids is 1. The summed E-state index contributed by atoms with van der Waals surface area (Å²) in [5.74, 6) is 0.687. The van der Waals surface area contributed by atoms with Crippen LogP contribution in [0.3, 0.4) is 0 Å². The van der Waals surface area contributed by atoms with Crippen LogP contribution in [0.15, 0.2) is 0 Å². The minimum Gasteiger partial charge on any atom is -0.300 e. The van der Waals surface area contributed by atoms with E-state index < -0.39 is 0 Å². The van der Waals surface area contributed by atoms with E-state index in [0.29, 0.717) is 5.78 Å². The predicted octanol–water partition coefficient (Wildman–Crippen LogP) is 4.60. The molecule has 0 heterocycles. The zero-order valence-corrected chi connectivity index (χ0v) is 11.2. The Bertz CT molecular complexity index is 172. The molecule has 0 saturated heterocycles. The Morgan fingerprint density at radius 3 is 1.80 bits per heavy atom. The summed E-state index contributed by atoms with van der Waals surface area (Å²) >= 11 is 0. The molecule has 90 valence electrons. The molecule has 0 aromatic heterocycles. The Balaban J connectivity index is 4.74. The molecule has 0 spiro atoms. The van der Waals surface area contributed by atoms with Crippen LogP contribution in [0, 0.1) is 11.3 Å². The Morgan fingerprint density at radius 1 is 1.07 bits per heavy atom. The predicted molar refractivity (Wildman–Crippen MR) is 67.0 cm³/mol. The molecule has 15 heavy (non-hydrogen) atoms. The lowest BCUT2D eigenvalue weighted by Gasteiger charge is -2.38. The Kier molecular flexibility index (Phi) is 6.87. The molecule has 0 N–H and O–H groups in total. The summed E-state index contributed by atoms with van der Waals surface area (Å²) in [5.41, 5.74) is 0.265. The molecule has 1 heteroatoms. The molecule has 1 nitrogen and oxygen atoms in total. The average molecular weight is 212 g/mol. The largest absolute Gasteiger partial charge is 0.300 e. The van der Waals surface area contributed by atoms with E-state index in [1.165, 1.54) is 12.8 Å². The van der Waals surface area contributed by atoms with Gasteiger partial charge in [-0.25, -0.2) is 0 Å². The molecule has 0 fully saturated rings. The van der Waals surface area contributed by atoms with Crippen molar-refractivity contribution in [3.05, 3.63) is 0 Å². The van der Waals surface area contributed by atoms with Gasteiger partial charge in [-0.1, -0.05) is 40.5 Å². The molecule has 0 aliphatic heterocycles. The van der Waals surface area contributed by atoms with Crippen molar-refractivity contribution in [2.75, 3.05) is 0 Å². The maximum atomic E-state index is 11.8. The quantitative estimate of drug-likeness (QED) is 0.574. The molecular weight excluding hydrogens is 184 g/mol. The second-order valence-electron chi connectivity index (χ2n) is 4.73. The molecule has 0 rings (SSSR count). The van der Waals surface area contributed by atoms with Crippen LogP contribution in [0.25, 0.3) is 0 Å². The van der Waals surface area contributed by atoms with E-state index in [1.54, 1.807) is 6.92 Å². The van der Waals surface area contributed by atoms with E-state index in [-0.39, 0.29) is 11.3 Å². The van der Waals surface area contributed by atoms with Crippen molar-refractivity contribution in [2.45, 2.75) is 73.1 Å². The van der Waals surface area contributed by atoms with Gasteiger partial charge in [-0.2, -0.15) is 0 Å². The molecule has 0 aromatic rings. The minimum atomic E-state index is 0.265. The lowest BCUT2D eigenvalue weighted by molar-refractivity contribution is -0.126. The van der Waals surface area contributed by atoms with Crippen molar-refractivity contribution < 1.29 is 4.79 Å². The van der Waals surface area contributed by atoms with E-state index in [4.69, 9.17) is 0 Å². The van der Waals surface area contributed by atoms with E-state index in [2.05, 4.69) is 27.7 Å². The lowest BCUT2D eigenvalue weighted by atomic mass is 9.66. The summed E-state index contributed by atoms with van der Waals surface area (Å²) in [7, 11) is 0. The van der Waals surface area contributed by atoms with Crippen LogP contribution in [-0.4, -0.2) is 5.78 Å². The number of Topliss-reactive ketones (excluding diaryl/α,β-unsaturated/α-hetero) is 1. The maximum Gasteiger partial charge on any atom is 0.133 e. The van der Waals surface area contributed by atoms with Crippen LogP contribution in [0.4, 0.5) is 0 Å². The number of hydrogen-bond donors (Lipinski definition) is 0. The molecule has 0 aromatic carbocycles. The molecule has 0 bridgehead atoms. The van der Waals surface area contributed by atoms with Gasteiger partial charge in [-0.15, -0.1) is 0 Å². The number of ketones is 1. The highest BCUT2D eigenvalue weighted by atomic mass is 16.1. The van der Waals surface area contributed by atoms with Gasteiger partial charge < -0.3 is 0 Å². The topological polar surface area (TPSA) is 17.1 Å². The Morgan fingerprint density at radius 2 is 1.53 bits per heavy atom. The zero-order valence-electron chi connectivity index (χ0n) is 11.2. The third-order valence-corrected chi connectivity index (χ3v) is 4.19. The van der Waals surface area contributed by atoms with Crippen molar-refractivity contribution >= 4 is 5.78 Å². The lowest BCUT2D eigenvalue weighted by Crippen LogP contribution is -2.33. The molecule has 0 saturated carbocycles. The van der Waals surface area contributed by atoms with Crippen molar-refractivity contribution in [2.24, 2.45) is 11.3 Å². The molecular formula is C14H28O. The highest BCUT2D eigenvalue weighted by Gasteiger charge is 2.36. The maximum absolute atomic E-state index is 11.8. The first-order valence-corrected chi connectivity index (χ1v) is 6.58. The van der Waals surface area contributed by atoms with Gasteiger partial charge in [-0.05, 0) is 38.0 Å². The first kappa shape index (κ1) is 14.7. The summed E-state index contributed by atoms with van der Waals surface area (Å²) < 4.78 is 0. The van der Waals surface area contributed by atoms with Gasteiger partial charge in [0.2, 0.25) is 0 Å². The van der Waals surface area contributed by atoms with E-state index in [9.17, 15) is 4.79 Å². The summed E-state index contributed by atoms with van der Waals surface area (Å²) in [4.78, 5) is 11.8. The fourth-order valence-electron chi connectivity index (χ4n) is 2.84. The van der Waals surface area contributed by atoms with Crippen molar-refractivity contribution in [1.82, 2.24) is 0 Å². The van der Waals surface area contributed by atoms with Crippen LogP contribution >= 0.6 is 0 Å². The van der Waals surface area contributed by atoms with Crippen LogP contribution in [0.1, 0.15) is 73.1 Å². The molecule has 1 unspecified atom stereocenters. The van der Waals surface area contributed by atoms with E-state index in [0.717, 1.165) is 25.7 Å². The standard InChI is InChI=1S/C14H28O/c1-6-10-11-13(12(5)15)14(7-2,8-3)9-4/h13H,6-11H2,1-5H3. The summed E-state index contributed by atoms with van der Waals surface area (Å²) in [6.45, 7) is 10.7. The monoisotopic (exact) mass is 212 g/mol. The van der Waals surface area contributed by atoms with Gasteiger partial charge in [0.25, 0.3) is 0 Å². The normalized spacial score (nSPS) is 13.9. The van der Waals surface area contributed by atoms with Gasteiger partial charge >= 0.3 is 0 Å². The third kappa shape index (κ3) is 3.62. The highest BCUT2D eigenvalue weighted by Crippen LogP contribution is 2.41. The third-order valence-electron chi connectivity index (χ3n) is 4.19. The summed E-state index contributed by atoms with van der Waals surface area (Å²) in [6.07, 6.45) is 6.86. The molecule has 0 aliphatic carbocycles. The number of hydrogen-bond acceptors (Lipinski definition) is 1. The fraction of sp³-hybridized carbons (Fsp3) is 0.929. The van der Waals surface area contributed by atoms with Crippen molar-refractivity contribution in [3.8, 4) is 0 Å². The number of carbonyl (C=O) groups is 1. The van der Waals surface area contributed by atoms with Crippen molar-refractivity contribution in [3.63, 3.8) is 0 Å². The smallest absolute Gasteiger partial charge is 0.133 e. The Labute approximate surface area is 95.6 Å². The Hall–Kier alpha value is -0.330. The second kappa shape index (κ2) is 7.03. The first-order valence-electron chi connectivity index (χ1n) is 6.58. The van der Waals surface area contributed by atoms with E-state index in [1.807, 2.05) is 0 Å². The zero-order chi connectivity index (χ0) is 11.9. The van der Waals surface area contributed by atoms with Crippen molar-refractivity contribution in [1.29, 1.82) is 0 Å². The highest BCUT2D eigenvalue weighted by molar-refractivity contribution is 5.79. The summed E-state index contributed by atoms with van der Waals surface area (Å²) in [6, 6.07) is 0. The van der Waals surface area contributed by atoms with Gasteiger partial charge in [-0.3, -0.25) is 4.79 Å². The minimum absolute atomic E-state index is 0.265. The van der Waals surface area contributed by atoms with Gasteiger partial charge in [0.05, 0.1) is 0 Å². The number of unbranched alkanes of at least 4 members (excludes halogenated alkanes) is 1. The van der Waals surface area contributed by atoms with Crippen LogP contribution < -0.4 is 0 Å².